The number of imide groups is 1. The number of aryl methyl sites for hydroxylation is 1. The Balaban J connectivity index is 1.44. The number of furan rings is 1. The number of nitrogens with zero attached hydrogens (tertiary/aromatic N) is 2. The monoisotopic (exact) mass is 426 g/mol. The highest BCUT2D eigenvalue weighted by molar-refractivity contribution is 6.15. The summed E-state index contributed by atoms with van der Waals surface area (Å²) in [4.78, 5) is 38.0. The largest absolute Gasteiger partial charge is 0.457 e. The van der Waals surface area contributed by atoms with E-state index in [2.05, 4.69) is 16.7 Å². The van der Waals surface area contributed by atoms with Crippen molar-refractivity contribution in [3.8, 4) is 17.4 Å². The number of hydrogen-bond acceptors (Lipinski definition) is 5. The van der Waals surface area contributed by atoms with Crippen molar-refractivity contribution >= 4 is 29.6 Å². The molecule has 32 heavy (non-hydrogen) atoms. The van der Waals surface area contributed by atoms with Gasteiger partial charge in [-0.3, -0.25) is 9.59 Å². The van der Waals surface area contributed by atoms with Crippen molar-refractivity contribution in [2.45, 2.75) is 6.92 Å². The summed E-state index contributed by atoms with van der Waals surface area (Å²) in [5, 5.41) is 14.0. The molecule has 0 atom stereocenters. The third-order valence-corrected chi connectivity index (χ3v) is 4.78. The Hall–Kier alpha value is -4.64. The minimum absolute atomic E-state index is 0.0130. The van der Waals surface area contributed by atoms with Crippen LogP contribution in [0.25, 0.3) is 17.4 Å². The Labute approximate surface area is 183 Å². The molecule has 1 aliphatic heterocycles. The molecule has 4 rings (SSSR count). The van der Waals surface area contributed by atoms with Gasteiger partial charge in [-0.15, -0.1) is 0 Å². The fraction of sp³-hybridized carbons (Fsp3) is 0.0833. The van der Waals surface area contributed by atoms with Gasteiger partial charge in [-0.05, 0) is 61.0 Å². The highest BCUT2D eigenvalue weighted by Gasteiger charge is 2.35. The Morgan fingerprint density at radius 3 is 2.66 bits per heavy atom. The number of rotatable bonds is 5. The smallest absolute Gasteiger partial charge is 0.329 e. The number of amides is 4. The van der Waals surface area contributed by atoms with Gasteiger partial charge in [0.1, 0.15) is 23.8 Å². The molecule has 2 N–H and O–H groups in total. The van der Waals surface area contributed by atoms with Gasteiger partial charge in [0.15, 0.2) is 0 Å². The van der Waals surface area contributed by atoms with Crippen molar-refractivity contribution in [3.63, 3.8) is 0 Å². The molecule has 1 aliphatic rings. The average molecular weight is 426 g/mol. The maximum absolute atomic E-state index is 12.6. The summed E-state index contributed by atoms with van der Waals surface area (Å²) in [7, 11) is 0. The van der Waals surface area contributed by atoms with E-state index in [1.54, 1.807) is 54.6 Å². The van der Waals surface area contributed by atoms with E-state index >= 15 is 0 Å². The lowest BCUT2D eigenvalue weighted by Gasteiger charge is -2.12. The average Bonchev–Trinajstić information content (AvgIpc) is 3.34. The molecule has 2 heterocycles. The highest BCUT2D eigenvalue weighted by Crippen LogP contribution is 2.24. The molecule has 1 fully saturated rings. The van der Waals surface area contributed by atoms with Crippen LogP contribution in [0.15, 0.2) is 70.8 Å². The van der Waals surface area contributed by atoms with E-state index in [0.717, 1.165) is 16.0 Å². The first-order chi connectivity index (χ1) is 15.4. The first-order valence-corrected chi connectivity index (χ1v) is 9.74. The minimum Gasteiger partial charge on any atom is -0.457 e. The predicted octanol–water partition coefficient (Wildman–Crippen LogP) is 3.66. The molecule has 8 nitrogen and oxygen atoms in total. The molecule has 158 valence electrons. The Kier molecular flexibility index (Phi) is 5.55. The van der Waals surface area contributed by atoms with E-state index < -0.39 is 24.4 Å². The Bertz CT molecular complexity index is 1280. The van der Waals surface area contributed by atoms with Crippen molar-refractivity contribution in [3.05, 3.63) is 83.2 Å². The first kappa shape index (κ1) is 20.6. The third kappa shape index (κ3) is 4.42. The molecule has 0 bridgehead atoms. The number of urea groups is 1. The van der Waals surface area contributed by atoms with Gasteiger partial charge in [-0.1, -0.05) is 12.1 Å². The van der Waals surface area contributed by atoms with Gasteiger partial charge in [0, 0.05) is 17.3 Å². The molecule has 2 aromatic carbocycles. The molecular weight excluding hydrogens is 408 g/mol. The zero-order chi connectivity index (χ0) is 22.7. The van der Waals surface area contributed by atoms with Gasteiger partial charge in [0.25, 0.3) is 5.91 Å². The maximum atomic E-state index is 12.6. The fourth-order valence-corrected chi connectivity index (χ4v) is 3.22. The minimum atomic E-state index is -0.681. The Morgan fingerprint density at radius 2 is 1.94 bits per heavy atom. The van der Waals surface area contributed by atoms with E-state index in [1.807, 2.05) is 13.0 Å². The topological polar surface area (TPSA) is 115 Å². The Morgan fingerprint density at radius 1 is 1.16 bits per heavy atom. The molecule has 4 amide bonds. The van der Waals surface area contributed by atoms with E-state index in [0.29, 0.717) is 22.8 Å². The quantitative estimate of drug-likeness (QED) is 0.477. The van der Waals surface area contributed by atoms with Crippen molar-refractivity contribution in [2.24, 2.45) is 0 Å². The lowest BCUT2D eigenvalue weighted by atomic mass is 10.1. The zero-order valence-corrected chi connectivity index (χ0v) is 17.1. The summed E-state index contributed by atoms with van der Waals surface area (Å²) in [6.45, 7) is 1.48. The number of carbonyl (C=O) groups excluding carboxylic acids is 3. The fourth-order valence-electron chi connectivity index (χ4n) is 3.22. The predicted molar refractivity (Wildman–Crippen MR) is 117 cm³/mol. The van der Waals surface area contributed by atoms with Crippen LogP contribution in [0.3, 0.4) is 0 Å². The molecule has 1 aromatic heterocycles. The lowest BCUT2D eigenvalue weighted by Crippen LogP contribution is -2.38. The molecule has 1 saturated heterocycles. The third-order valence-electron chi connectivity index (χ3n) is 4.78. The number of nitriles is 1. The molecule has 0 unspecified atom stereocenters. The molecule has 0 aliphatic carbocycles. The van der Waals surface area contributed by atoms with Crippen LogP contribution in [0.4, 0.5) is 10.5 Å². The van der Waals surface area contributed by atoms with Crippen LogP contribution in [0.5, 0.6) is 0 Å². The van der Waals surface area contributed by atoms with E-state index in [-0.39, 0.29) is 5.70 Å². The second-order valence-electron chi connectivity index (χ2n) is 7.19. The summed E-state index contributed by atoms with van der Waals surface area (Å²) in [6.07, 6.45) is 1.41. The zero-order valence-electron chi connectivity index (χ0n) is 17.1. The van der Waals surface area contributed by atoms with Gasteiger partial charge in [-0.25, -0.2) is 9.69 Å². The van der Waals surface area contributed by atoms with Crippen molar-refractivity contribution in [2.75, 3.05) is 11.9 Å². The van der Waals surface area contributed by atoms with Gasteiger partial charge >= 0.3 is 6.03 Å². The lowest BCUT2D eigenvalue weighted by molar-refractivity contribution is -0.127. The molecule has 0 saturated carbocycles. The van der Waals surface area contributed by atoms with Crippen LogP contribution < -0.4 is 10.6 Å². The van der Waals surface area contributed by atoms with Crippen LogP contribution in [-0.2, 0) is 9.59 Å². The van der Waals surface area contributed by atoms with E-state index in [1.165, 1.54) is 6.08 Å². The number of hydrogen-bond donors (Lipinski definition) is 2. The van der Waals surface area contributed by atoms with Crippen LogP contribution in [0, 0.1) is 18.3 Å². The van der Waals surface area contributed by atoms with Crippen LogP contribution in [-0.4, -0.2) is 29.3 Å². The molecular formula is C24H18N4O4. The van der Waals surface area contributed by atoms with Crippen LogP contribution in [0.1, 0.15) is 16.9 Å². The summed E-state index contributed by atoms with van der Waals surface area (Å²) in [5.41, 5.74) is 2.88. The second kappa shape index (κ2) is 8.62. The van der Waals surface area contributed by atoms with Crippen molar-refractivity contribution in [1.82, 2.24) is 10.2 Å². The normalized spacial score (nSPS) is 14.4. The van der Waals surface area contributed by atoms with Gasteiger partial charge < -0.3 is 15.1 Å². The molecule has 3 aromatic rings. The van der Waals surface area contributed by atoms with E-state index in [9.17, 15) is 14.4 Å². The van der Waals surface area contributed by atoms with Gasteiger partial charge in [0.2, 0.25) is 5.91 Å². The number of nitrogens with one attached hydrogen (secondary N) is 2. The molecule has 0 spiro atoms. The molecule has 8 heteroatoms. The second-order valence-corrected chi connectivity index (χ2v) is 7.19. The summed E-state index contributed by atoms with van der Waals surface area (Å²) >= 11 is 0. The summed E-state index contributed by atoms with van der Waals surface area (Å²) in [6, 6.07) is 18.8. The standard InChI is InChI=1S/C24H18N4O4/c1-15-3-2-4-18(11-15)26-22(29)14-28-23(30)20(27-24(28)31)12-19-9-10-21(32-19)17-7-5-16(13-25)6-8-17/h2-12H,14H2,1H3,(H,26,29)(H,27,31). The first-order valence-electron chi connectivity index (χ1n) is 9.74. The number of anilines is 1. The SMILES string of the molecule is Cc1cccc(NC(=O)CN2C(=O)NC(=Cc3ccc(-c4ccc(C#N)cc4)o3)C2=O)c1. The van der Waals surface area contributed by atoms with Crippen molar-refractivity contribution in [1.29, 1.82) is 5.26 Å². The maximum Gasteiger partial charge on any atom is 0.329 e. The van der Waals surface area contributed by atoms with Gasteiger partial charge in [0.05, 0.1) is 11.6 Å². The van der Waals surface area contributed by atoms with Crippen LogP contribution >= 0.6 is 0 Å². The number of benzene rings is 2. The number of carbonyl (C=O) groups is 3. The highest BCUT2D eigenvalue weighted by atomic mass is 16.3. The van der Waals surface area contributed by atoms with Crippen LogP contribution in [0.2, 0.25) is 0 Å². The summed E-state index contributed by atoms with van der Waals surface area (Å²) < 4.78 is 5.73. The molecule has 0 radical (unpaired) electrons. The van der Waals surface area contributed by atoms with Crippen molar-refractivity contribution < 1.29 is 18.8 Å². The summed E-state index contributed by atoms with van der Waals surface area (Å²) in [5.74, 6) is -0.196. The van der Waals surface area contributed by atoms with E-state index in [4.69, 9.17) is 9.68 Å². The van der Waals surface area contributed by atoms with Gasteiger partial charge in [-0.2, -0.15) is 5.26 Å².